The van der Waals surface area contributed by atoms with Crippen LogP contribution in [0.4, 0.5) is 5.82 Å². The molecule has 0 spiro atoms. The minimum absolute atomic E-state index is 0.0421. The zero-order valence-corrected chi connectivity index (χ0v) is 14.7. The third-order valence-corrected chi connectivity index (χ3v) is 4.41. The van der Waals surface area contributed by atoms with Crippen molar-refractivity contribution >= 4 is 28.2 Å². The number of anilines is 1. The van der Waals surface area contributed by atoms with Crippen molar-refractivity contribution in [2.45, 2.75) is 13.5 Å². The number of aromatic nitrogens is 2. The Morgan fingerprint density at radius 2 is 2.04 bits per heavy atom. The smallest absolute Gasteiger partial charge is 0.246 e. The summed E-state index contributed by atoms with van der Waals surface area (Å²) < 4.78 is 2.12. The highest BCUT2D eigenvalue weighted by Crippen LogP contribution is 2.20. The highest BCUT2D eigenvalue weighted by atomic mass is 16.2. The first kappa shape index (κ1) is 16.8. The lowest BCUT2D eigenvalue weighted by molar-refractivity contribution is -0.125. The molecule has 128 valence electrons. The number of hydrogen-bond acceptors (Lipinski definition) is 3. The molecule has 2 aromatic heterocycles. The van der Waals surface area contributed by atoms with E-state index < -0.39 is 0 Å². The summed E-state index contributed by atoms with van der Waals surface area (Å²) >= 11 is 0. The predicted octanol–water partition coefficient (Wildman–Crippen LogP) is 3.22. The van der Waals surface area contributed by atoms with Gasteiger partial charge >= 0.3 is 0 Å². The number of para-hydroxylation sites is 1. The molecule has 5 heteroatoms. The summed E-state index contributed by atoms with van der Waals surface area (Å²) in [5.41, 5.74) is 9.61. The molecule has 0 bridgehead atoms. The lowest BCUT2D eigenvalue weighted by Crippen LogP contribution is -2.25. The van der Waals surface area contributed by atoms with Crippen LogP contribution in [-0.4, -0.2) is 27.4 Å². The standard InChI is InChI=1S/C20H22N4O/c1-14(16-8-9-19(21)22-12-16)10-20(25)23(2)13-17-11-15-6-4-5-7-18(15)24(17)3/h4-12H,13H2,1-3H3,(H2,21,22)/b14-10+. The number of pyridine rings is 1. The van der Waals surface area contributed by atoms with Crippen molar-refractivity contribution in [3.63, 3.8) is 0 Å². The zero-order chi connectivity index (χ0) is 18.0. The number of benzene rings is 1. The second kappa shape index (κ2) is 6.81. The van der Waals surface area contributed by atoms with Crippen LogP contribution in [0, 0.1) is 0 Å². The van der Waals surface area contributed by atoms with Gasteiger partial charge in [-0.15, -0.1) is 0 Å². The summed E-state index contributed by atoms with van der Waals surface area (Å²) in [5.74, 6) is 0.426. The van der Waals surface area contributed by atoms with E-state index in [2.05, 4.69) is 27.8 Å². The monoisotopic (exact) mass is 334 g/mol. The number of fused-ring (bicyclic) bond motifs is 1. The minimum atomic E-state index is -0.0421. The quantitative estimate of drug-likeness (QED) is 0.745. The Balaban J connectivity index is 1.76. The number of nitrogen functional groups attached to an aromatic ring is 1. The van der Waals surface area contributed by atoms with Gasteiger partial charge in [0.15, 0.2) is 0 Å². The number of carbonyl (C=O) groups excluding carboxylic acids is 1. The molecule has 1 aromatic carbocycles. The molecule has 25 heavy (non-hydrogen) atoms. The molecule has 0 aliphatic rings. The van der Waals surface area contributed by atoms with Gasteiger partial charge in [-0.3, -0.25) is 4.79 Å². The van der Waals surface area contributed by atoms with Gasteiger partial charge in [0.25, 0.3) is 0 Å². The van der Waals surface area contributed by atoms with Gasteiger partial charge in [-0.2, -0.15) is 0 Å². The van der Waals surface area contributed by atoms with Crippen molar-refractivity contribution in [2.75, 3.05) is 12.8 Å². The van der Waals surface area contributed by atoms with Gasteiger partial charge in [0, 0.05) is 37.6 Å². The molecule has 0 saturated heterocycles. The number of carbonyl (C=O) groups is 1. The Kier molecular flexibility index (Phi) is 4.57. The van der Waals surface area contributed by atoms with Crippen LogP contribution in [0.2, 0.25) is 0 Å². The van der Waals surface area contributed by atoms with Crippen molar-refractivity contribution in [3.05, 3.63) is 66.0 Å². The summed E-state index contributed by atoms with van der Waals surface area (Å²) in [5, 5.41) is 1.18. The minimum Gasteiger partial charge on any atom is -0.384 e. The van der Waals surface area contributed by atoms with Crippen molar-refractivity contribution in [2.24, 2.45) is 7.05 Å². The van der Waals surface area contributed by atoms with E-state index in [1.165, 1.54) is 5.39 Å². The topological polar surface area (TPSA) is 64.2 Å². The maximum absolute atomic E-state index is 12.5. The van der Waals surface area contributed by atoms with Crippen molar-refractivity contribution in [3.8, 4) is 0 Å². The van der Waals surface area contributed by atoms with Gasteiger partial charge in [-0.1, -0.05) is 18.2 Å². The molecule has 1 amide bonds. The SMILES string of the molecule is C/C(=C\C(=O)N(C)Cc1cc2ccccc2n1C)c1ccc(N)nc1. The maximum Gasteiger partial charge on any atom is 0.246 e. The van der Waals surface area contributed by atoms with E-state index in [4.69, 9.17) is 5.73 Å². The van der Waals surface area contributed by atoms with Crippen LogP contribution < -0.4 is 5.73 Å². The summed E-state index contributed by atoms with van der Waals surface area (Å²) in [6, 6.07) is 13.9. The fourth-order valence-corrected chi connectivity index (χ4v) is 2.84. The molecular weight excluding hydrogens is 312 g/mol. The average Bonchev–Trinajstić information content (AvgIpc) is 2.91. The highest BCUT2D eigenvalue weighted by molar-refractivity contribution is 5.94. The number of amides is 1. The fraction of sp³-hybridized carbons (Fsp3) is 0.200. The molecule has 2 heterocycles. The lowest BCUT2D eigenvalue weighted by Gasteiger charge is -2.16. The molecule has 3 aromatic rings. The fourth-order valence-electron chi connectivity index (χ4n) is 2.84. The third-order valence-electron chi connectivity index (χ3n) is 4.41. The highest BCUT2D eigenvalue weighted by Gasteiger charge is 2.12. The Hall–Kier alpha value is -3.08. The van der Waals surface area contributed by atoms with Crippen LogP contribution in [0.15, 0.2) is 54.7 Å². The van der Waals surface area contributed by atoms with Crippen molar-refractivity contribution in [1.29, 1.82) is 0 Å². The molecule has 0 radical (unpaired) electrons. The van der Waals surface area contributed by atoms with Crippen LogP contribution in [0.5, 0.6) is 0 Å². The second-order valence-electron chi connectivity index (χ2n) is 6.25. The summed E-state index contributed by atoms with van der Waals surface area (Å²) in [6.07, 6.45) is 3.31. The lowest BCUT2D eigenvalue weighted by atomic mass is 10.1. The van der Waals surface area contributed by atoms with Gasteiger partial charge in [-0.05, 0) is 47.7 Å². The molecule has 2 N–H and O–H groups in total. The second-order valence-corrected chi connectivity index (χ2v) is 6.25. The molecule has 0 atom stereocenters. The van der Waals surface area contributed by atoms with Crippen molar-refractivity contribution in [1.82, 2.24) is 14.5 Å². The third kappa shape index (κ3) is 3.55. The van der Waals surface area contributed by atoms with E-state index in [0.717, 1.165) is 22.3 Å². The largest absolute Gasteiger partial charge is 0.384 e. The zero-order valence-electron chi connectivity index (χ0n) is 14.7. The Labute approximate surface area is 147 Å². The van der Waals surface area contributed by atoms with Gasteiger partial charge in [0.05, 0.1) is 6.54 Å². The molecule has 0 aliphatic heterocycles. The predicted molar refractivity (Wildman–Crippen MR) is 102 cm³/mol. The van der Waals surface area contributed by atoms with E-state index in [1.807, 2.05) is 39.2 Å². The molecule has 0 aliphatic carbocycles. The van der Waals surface area contributed by atoms with Crippen LogP contribution >= 0.6 is 0 Å². The molecule has 3 rings (SSSR count). The van der Waals surface area contributed by atoms with E-state index in [9.17, 15) is 4.79 Å². The van der Waals surface area contributed by atoms with Crippen LogP contribution in [0.25, 0.3) is 16.5 Å². The number of aryl methyl sites for hydroxylation is 1. The summed E-state index contributed by atoms with van der Waals surface area (Å²) in [6.45, 7) is 2.45. The molecule has 0 unspecified atom stereocenters. The number of rotatable bonds is 4. The average molecular weight is 334 g/mol. The van der Waals surface area contributed by atoms with Crippen molar-refractivity contribution < 1.29 is 4.79 Å². The summed E-state index contributed by atoms with van der Waals surface area (Å²) in [4.78, 5) is 18.3. The van der Waals surface area contributed by atoms with E-state index >= 15 is 0 Å². The first-order valence-electron chi connectivity index (χ1n) is 8.14. The molecule has 5 nitrogen and oxygen atoms in total. The van der Waals surface area contributed by atoms with Gasteiger partial charge in [-0.25, -0.2) is 4.98 Å². The number of hydrogen-bond donors (Lipinski definition) is 1. The summed E-state index contributed by atoms with van der Waals surface area (Å²) in [7, 11) is 3.84. The number of nitrogens with two attached hydrogens (primary N) is 1. The van der Waals surface area contributed by atoms with Crippen LogP contribution in [0.3, 0.4) is 0 Å². The van der Waals surface area contributed by atoms with Gasteiger partial charge in [0.1, 0.15) is 5.82 Å². The maximum atomic E-state index is 12.5. The molecular formula is C20H22N4O. The van der Waals surface area contributed by atoms with E-state index in [0.29, 0.717) is 12.4 Å². The van der Waals surface area contributed by atoms with Gasteiger partial charge in [0.2, 0.25) is 5.91 Å². The number of likely N-dealkylation sites (N-methyl/N-ethyl adjacent to an activating group) is 1. The van der Waals surface area contributed by atoms with E-state index in [1.54, 1.807) is 23.2 Å². The Bertz CT molecular complexity index is 938. The normalized spacial score (nSPS) is 11.7. The molecule has 0 saturated carbocycles. The first-order valence-corrected chi connectivity index (χ1v) is 8.14. The molecule has 0 fully saturated rings. The number of nitrogens with zero attached hydrogens (tertiary/aromatic N) is 3. The Morgan fingerprint density at radius 1 is 1.28 bits per heavy atom. The van der Waals surface area contributed by atoms with Crippen LogP contribution in [0.1, 0.15) is 18.2 Å². The number of allylic oxidation sites excluding steroid dienone is 1. The van der Waals surface area contributed by atoms with Gasteiger partial charge < -0.3 is 15.2 Å². The Morgan fingerprint density at radius 3 is 2.72 bits per heavy atom. The van der Waals surface area contributed by atoms with Crippen LogP contribution in [-0.2, 0) is 18.4 Å². The van der Waals surface area contributed by atoms with E-state index in [-0.39, 0.29) is 5.91 Å². The first-order chi connectivity index (χ1) is 12.0.